The number of hydrogen-bond acceptors (Lipinski definition) is 2. The molecule has 0 bridgehead atoms. The van der Waals surface area contributed by atoms with Crippen molar-refractivity contribution in [2.75, 3.05) is 13.1 Å². The summed E-state index contributed by atoms with van der Waals surface area (Å²) >= 11 is 0. The van der Waals surface area contributed by atoms with Gasteiger partial charge in [-0.2, -0.15) is 0 Å². The molecule has 0 aromatic carbocycles. The van der Waals surface area contributed by atoms with Crippen LogP contribution in [0.1, 0.15) is 106 Å². The van der Waals surface area contributed by atoms with Crippen molar-refractivity contribution in [3.63, 3.8) is 0 Å². The highest BCUT2D eigenvalue weighted by molar-refractivity contribution is 5.74. The third kappa shape index (κ3) is 10.4. The fourth-order valence-electron chi connectivity index (χ4n) is 6.39. The predicted molar refractivity (Wildman–Crippen MR) is 133 cm³/mol. The maximum absolute atomic E-state index is 12.2. The second-order valence-corrected chi connectivity index (χ2v) is 12.4. The monoisotopic (exact) mass is 450 g/mol. The standard InChI is InChI=1S/C26H50N4O2/c1-19-13-21(17-25(3,4)15-19)29-23(31)27-11-9-7-8-10-12-28-24(32)30-22-14-20(2)16-26(5,6)18-22/h19-22H,7-18H2,1-6H3,(H2,27,29,31)(H2,28,30,32)/t19-,20-,21-,22+/m1/s1. The highest BCUT2D eigenvalue weighted by Crippen LogP contribution is 2.39. The first-order valence-corrected chi connectivity index (χ1v) is 13.0. The van der Waals surface area contributed by atoms with E-state index in [0.717, 1.165) is 51.4 Å². The first kappa shape index (κ1) is 26.8. The first-order chi connectivity index (χ1) is 14.9. The summed E-state index contributed by atoms with van der Waals surface area (Å²) in [7, 11) is 0. The molecule has 6 nitrogen and oxygen atoms in total. The van der Waals surface area contributed by atoms with E-state index in [2.05, 4.69) is 62.8 Å². The average molecular weight is 451 g/mol. The van der Waals surface area contributed by atoms with Crippen molar-refractivity contribution in [3.05, 3.63) is 0 Å². The fourth-order valence-corrected chi connectivity index (χ4v) is 6.39. The van der Waals surface area contributed by atoms with Crippen molar-refractivity contribution < 1.29 is 9.59 Å². The Balaban J connectivity index is 1.46. The molecule has 0 radical (unpaired) electrons. The Labute approximate surface area is 196 Å². The predicted octanol–water partition coefficient (Wildman–Crippen LogP) is 5.57. The first-order valence-electron chi connectivity index (χ1n) is 13.0. The molecule has 0 aromatic heterocycles. The van der Waals surface area contributed by atoms with Gasteiger partial charge in [-0.1, -0.05) is 54.4 Å². The molecular formula is C26H50N4O2. The molecule has 4 atom stereocenters. The van der Waals surface area contributed by atoms with Crippen LogP contribution in [0.25, 0.3) is 0 Å². The average Bonchev–Trinajstić information content (AvgIpc) is 2.60. The van der Waals surface area contributed by atoms with Crippen LogP contribution < -0.4 is 21.3 Å². The second kappa shape index (κ2) is 12.1. The molecule has 0 aromatic rings. The van der Waals surface area contributed by atoms with E-state index in [1.54, 1.807) is 0 Å². The molecule has 2 fully saturated rings. The zero-order chi connectivity index (χ0) is 23.8. The van der Waals surface area contributed by atoms with E-state index in [1.165, 1.54) is 12.8 Å². The van der Waals surface area contributed by atoms with Crippen LogP contribution in [-0.4, -0.2) is 37.2 Å². The molecule has 2 aliphatic rings. The molecular weight excluding hydrogens is 400 g/mol. The topological polar surface area (TPSA) is 82.3 Å². The lowest BCUT2D eigenvalue weighted by atomic mass is 9.70. The van der Waals surface area contributed by atoms with E-state index in [4.69, 9.17) is 0 Å². The minimum atomic E-state index is -0.0292. The molecule has 4 amide bonds. The van der Waals surface area contributed by atoms with Crippen LogP contribution in [0.15, 0.2) is 0 Å². The number of carbonyl (C=O) groups is 2. The molecule has 2 rings (SSSR count). The van der Waals surface area contributed by atoms with Gasteiger partial charge in [0.1, 0.15) is 0 Å². The van der Waals surface area contributed by atoms with Crippen LogP contribution in [0.3, 0.4) is 0 Å². The van der Waals surface area contributed by atoms with Gasteiger partial charge in [0.2, 0.25) is 0 Å². The summed E-state index contributed by atoms with van der Waals surface area (Å²) in [6, 6.07) is 0.514. The number of carbonyl (C=O) groups excluding carboxylic acids is 2. The van der Waals surface area contributed by atoms with Crippen LogP contribution in [0, 0.1) is 22.7 Å². The van der Waals surface area contributed by atoms with Crippen molar-refractivity contribution >= 4 is 12.1 Å². The van der Waals surface area contributed by atoms with Crippen LogP contribution >= 0.6 is 0 Å². The molecule has 186 valence electrons. The van der Waals surface area contributed by atoms with Gasteiger partial charge in [0.25, 0.3) is 0 Å². The summed E-state index contributed by atoms with van der Waals surface area (Å²) in [4.78, 5) is 24.4. The van der Waals surface area contributed by atoms with Crippen molar-refractivity contribution in [1.29, 1.82) is 0 Å². The van der Waals surface area contributed by atoms with E-state index in [-0.39, 0.29) is 24.1 Å². The van der Waals surface area contributed by atoms with E-state index in [0.29, 0.717) is 35.8 Å². The Hall–Kier alpha value is -1.46. The minimum Gasteiger partial charge on any atom is -0.338 e. The summed E-state index contributed by atoms with van der Waals surface area (Å²) in [5.74, 6) is 1.33. The number of hydrogen-bond donors (Lipinski definition) is 4. The number of urea groups is 2. The van der Waals surface area contributed by atoms with Crippen LogP contribution in [0.2, 0.25) is 0 Å². The van der Waals surface area contributed by atoms with Crippen LogP contribution in [0.5, 0.6) is 0 Å². The van der Waals surface area contributed by atoms with E-state index < -0.39 is 0 Å². The Bertz CT molecular complexity index is 553. The van der Waals surface area contributed by atoms with E-state index in [9.17, 15) is 9.59 Å². The zero-order valence-corrected chi connectivity index (χ0v) is 21.6. The molecule has 6 heteroatoms. The zero-order valence-electron chi connectivity index (χ0n) is 21.6. The Morgan fingerprint density at radius 2 is 1.03 bits per heavy atom. The Morgan fingerprint density at radius 3 is 1.38 bits per heavy atom. The molecule has 2 aliphatic carbocycles. The largest absolute Gasteiger partial charge is 0.338 e. The third-order valence-corrected chi connectivity index (χ3v) is 7.12. The maximum Gasteiger partial charge on any atom is 0.315 e. The lowest BCUT2D eigenvalue weighted by molar-refractivity contribution is 0.151. The second-order valence-electron chi connectivity index (χ2n) is 12.4. The molecule has 0 aliphatic heterocycles. The summed E-state index contributed by atoms with van der Waals surface area (Å²) in [5.41, 5.74) is 0.623. The highest BCUT2D eigenvalue weighted by Gasteiger charge is 2.33. The Kier molecular flexibility index (Phi) is 10.2. The van der Waals surface area contributed by atoms with Gasteiger partial charge in [-0.15, -0.1) is 0 Å². The highest BCUT2D eigenvalue weighted by atomic mass is 16.2. The van der Waals surface area contributed by atoms with Crippen molar-refractivity contribution in [2.45, 2.75) is 118 Å². The van der Waals surface area contributed by atoms with Gasteiger partial charge >= 0.3 is 12.1 Å². The molecule has 0 unspecified atom stereocenters. The number of rotatable bonds is 9. The maximum atomic E-state index is 12.2. The molecule has 4 N–H and O–H groups in total. The molecule has 0 heterocycles. The molecule has 32 heavy (non-hydrogen) atoms. The van der Waals surface area contributed by atoms with Crippen LogP contribution in [-0.2, 0) is 0 Å². The van der Waals surface area contributed by atoms with Gasteiger partial charge in [-0.05, 0) is 74.0 Å². The smallest absolute Gasteiger partial charge is 0.315 e. The summed E-state index contributed by atoms with van der Waals surface area (Å²) < 4.78 is 0. The summed E-state index contributed by atoms with van der Waals surface area (Å²) in [6.45, 7) is 15.2. The van der Waals surface area contributed by atoms with Crippen molar-refractivity contribution in [1.82, 2.24) is 21.3 Å². The van der Waals surface area contributed by atoms with Crippen molar-refractivity contribution in [3.8, 4) is 0 Å². The van der Waals surface area contributed by atoms with Gasteiger partial charge in [0.15, 0.2) is 0 Å². The lowest BCUT2D eigenvalue weighted by Gasteiger charge is -2.39. The molecule has 0 spiro atoms. The van der Waals surface area contributed by atoms with Gasteiger partial charge in [-0.3, -0.25) is 0 Å². The SMILES string of the molecule is C[C@@H]1C[C@@H](NC(=O)NCCCCCCNC(=O)N[C@H]2C[C@@H](C)CC(C)(C)C2)CC(C)(C)C1. The summed E-state index contributed by atoms with van der Waals surface area (Å²) in [6.07, 6.45) is 10.8. The number of amides is 4. The van der Waals surface area contributed by atoms with E-state index >= 15 is 0 Å². The van der Waals surface area contributed by atoms with Crippen molar-refractivity contribution in [2.24, 2.45) is 22.7 Å². The quantitative estimate of drug-likeness (QED) is 0.346. The molecule has 0 saturated heterocycles. The van der Waals surface area contributed by atoms with Crippen LogP contribution in [0.4, 0.5) is 9.59 Å². The van der Waals surface area contributed by atoms with E-state index in [1.807, 2.05) is 0 Å². The Morgan fingerprint density at radius 1 is 0.656 bits per heavy atom. The van der Waals surface area contributed by atoms with Gasteiger partial charge in [-0.25, -0.2) is 9.59 Å². The molecule has 2 saturated carbocycles. The summed E-state index contributed by atoms with van der Waals surface area (Å²) in [5, 5.41) is 12.3. The normalized spacial score (nSPS) is 29.1. The number of nitrogens with one attached hydrogen (secondary N) is 4. The fraction of sp³-hybridized carbons (Fsp3) is 0.923. The third-order valence-electron chi connectivity index (χ3n) is 7.12. The van der Waals surface area contributed by atoms with Gasteiger partial charge in [0.05, 0.1) is 0 Å². The van der Waals surface area contributed by atoms with Gasteiger partial charge < -0.3 is 21.3 Å². The number of unbranched alkanes of at least 4 members (excludes halogenated alkanes) is 3. The minimum absolute atomic E-state index is 0.0292. The van der Waals surface area contributed by atoms with Gasteiger partial charge in [0, 0.05) is 25.2 Å². The lowest BCUT2D eigenvalue weighted by Crippen LogP contribution is -2.47.